The first kappa shape index (κ1) is 13.3. The summed E-state index contributed by atoms with van der Waals surface area (Å²) in [5.41, 5.74) is 0. The van der Waals surface area contributed by atoms with E-state index >= 15 is 0 Å². The van der Waals surface area contributed by atoms with Crippen LogP contribution in [0.3, 0.4) is 0 Å². The molecule has 15 heavy (non-hydrogen) atoms. The van der Waals surface area contributed by atoms with Gasteiger partial charge in [0.25, 0.3) is 0 Å². The van der Waals surface area contributed by atoms with E-state index in [1.165, 1.54) is 56.9 Å². The maximum Gasteiger partial charge on any atom is 0.0158 e. The summed E-state index contributed by atoms with van der Waals surface area (Å²) in [5, 5.41) is 3.46. The Morgan fingerprint density at radius 3 is 2.93 bits per heavy atom. The molecular weight excluding hydrogens is 204 g/mol. The van der Waals surface area contributed by atoms with Crippen LogP contribution in [0.2, 0.25) is 0 Å². The number of rotatable bonds is 7. The van der Waals surface area contributed by atoms with Crippen molar-refractivity contribution in [3.05, 3.63) is 0 Å². The third kappa shape index (κ3) is 5.79. The molecule has 0 aromatic heterocycles. The quantitative estimate of drug-likeness (QED) is 0.675. The lowest BCUT2D eigenvalue weighted by atomic mass is 10.2. The first-order chi connectivity index (χ1) is 7.34. The number of thioether (sulfide) groups is 1. The van der Waals surface area contributed by atoms with Crippen LogP contribution in [-0.2, 0) is 0 Å². The van der Waals surface area contributed by atoms with Crippen molar-refractivity contribution in [3.8, 4) is 0 Å². The van der Waals surface area contributed by atoms with Gasteiger partial charge in [-0.1, -0.05) is 6.92 Å². The van der Waals surface area contributed by atoms with E-state index in [1.807, 2.05) is 0 Å². The van der Waals surface area contributed by atoms with E-state index in [2.05, 4.69) is 35.8 Å². The Kier molecular flexibility index (Phi) is 7.49. The normalized spacial score (nSPS) is 23.2. The molecule has 0 saturated carbocycles. The molecule has 1 unspecified atom stereocenters. The van der Waals surface area contributed by atoms with E-state index in [9.17, 15) is 0 Å². The molecule has 1 saturated heterocycles. The maximum absolute atomic E-state index is 3.46. The van der Waals surface area contributed by atoms with Gasteiger partial charge in [-0.25, -0.2) is 0 Å². The fourth-order valence-electron chi connectivity index (χ4n) is 1.96. The second-order valence-corrected chi connectivity index (χ2v) is 5.57. The molecular formula is C12H26N2S. The minimum Gasteiger partial charge on any atom is -0.317 e. The summed E-state index contributed by atoms with van der Waals surface area (Å²) >= 11 is 2.10. The van der Waals surface area contributed by atoms with E-state index in [0.717, 1.165) is 6.04 Å². The number of hydrogen-bond donors (Lipinski definition) is 1. The summed E-state index contributed by atoms with van der Waals surface area (Å²) in [6, 6.07) is 0.798. The molecule has 2 nitrogen and oxygen atoms in total. The minimum absolute atomic E-state index is 0.798. The van der Waals surface area contributed by atoms with Gasteiger partial charge in [-0.05, 0) is 45.8 Å². The molecule has 1 aliphatic rings. The van der Waals surface area contributed by atoms with Crippen molar-refractivity contribution in [1.82, 2.24) is 10.2 Å². The number of hydrogen-bond acceptors (Lipinski definition) is 3. The molecule has 1 heterocycles. The lowest BCUT2D eigenvalue weighted by Gasteiger charge is -2.32. The Hall–Kier alpha value is 0.270. The zero-order valence-electron chi connectivity index (χ0n) is 10.3. The molecule has 1 rings (SSSR count). The molecule has 0 spiro atoms. The summed E-state index contributed by atoms with van der Waals surface area (Å²) in [7, 11) is 0. The van der Waals surface area contributed by atoms with Crippen molar-refractivity contribution >= 4 is 11.8 Å². The van der Waals surface area contributed by atoms with Crippen LogP contribution in [0.25, 0.3) is 0 Å². The van der Waals surface area contributed by atoms with Crippen molar-refractivity contribution < 1.29 is 0 Å². The molecule has 0 aliphatic carbocycles. The number of unbranched alkanes of at least 4 members (excludes halogenated alkanes) is 1. The molecule has 1 fully saturated rings. The highest BCUT2D eigenvalue weighted by molar-refractivity contribution is 7.99. The van der Waals surface area contributed by atoms with Crippen molar-refractivity contribution in [2.75, 3.05) is 37.7 Å². The van der Waals surface area contributed by atoms with Gasteiger partial charge in [-0.15, -0.1) is 0 Å². The highest BCUT2D eigenvalue weighted by Crippen LogP contribution is 2.16. The van der Waals surface area contributed by atoms with E-state index < -0.39 is 0 Å². The Bertz CT molecular complexity index is 153. The van der Waals surface area contributed by atoms with Gasteiger partial charge in [0.15, 0.2) is 0 Å². The largest absolute Gasteiger partial charge is 0.317 e. The second kappa shape index (κ2) is 8.43. The molecule has 0 aromatic carbocycles. The summed E-state index contributed by atoms with van der Waals surface area (Å²) in [6.45, 7) is 9.56. The molecule has 1 N–H and O–H groups in total. The van der Waals surface area contributed by atoms with Crippen molar-refractivity contribution in [2.24, 2.45) is 0 Å². The molecule has 0 bridgehead atoms. The predicted molar refractivity (Wildman–Crippen MR) is 70.8 cm³/mol. The zero-order chi connectivity index (χ0) is 10.9. The monoisotopic (exact) mass is 230 g/mol. The molecule has 90 valence electrons. The second-order valence-electron chi connectivity index (χ2n) is 4.42. The fraction of sp³-hybridized carbons (Fsp3) is 1.00. The van der Waals surface area contributed by atoms with Gasteiger partial charge >= 0.3 is 0 Å². The average molecular weight is 230 g/mol. The van der Waals surface area contributed by atoms with Crippen LogP contribution >= 0.6 is 11.8 Å². The van der Waals surface area contributed by atoms with Crippen molar-refractivity contribution in [2.45, 2.75) is 39.2 Å². The Morgan fingerprint density at radius 2 is 2.20 bits per heavy atom. The average Bonchev–Trinajstić information content (AvgIpc) is 2.25. The van der Waals surface area contributed by atoms with Crippen molar-refractivity contribution in [1.29, 1.82) is 0 Å². The zero-order valence-corrected chi connectivity index (χ0v) is 11.1. The van der Waals surface area contributed by atoms with E-state index in [0.29, 0.717) is 0 Å². The molecule has 3 heteroatoms. The van der Waals surface area contributed by atoms with Gasteiger partial charge in [0, 0.05) is 24.1 Å². The molecule has 0 amide bonds. The minimum atomic E-state index is 0.798. The molecule has 0 radical (unpaired) electrons. The van der Waals surface area contributed by atoms with Crippen LogP contribution in [0.4, 0.5) is 0 Å². The van der Waals surface area contributed by atoms with E-state index in [-0.39, 0.29) is 0 Å². The van der Waals surface area contributed by atoms with Crippen LogP contribution < -0.4 is 5.32 Å². The fourth-order valence-corrected chi connectivity index (χ4v) is 3.04. The third-order valence-corrected chi connectivity index (χ3v) is 4.17. The van der Waals surface area contributed by atoms with Crippen LogP contribution in [0.5, 0.6) is 0 Å². The summed E-state index contributed by atoms with van der Waals surface area (Å²) < 4.78 is 0. The lowest BCUT2D eigenvalue weighted by Crippen LogP contribution is -2.40. The van der Waals surface area contributed by atoms with Crippen LogP contribution in [-0.4, -0.2) is 48.6 Å². The number of nitrogens with one attached hydrogen (secondary N) is 1. The Balaban J connectivity index is 1.94. The van der Waals surface area contributed by atoms with Crippen LogP contribution in [0.1, 0.15) is 33.1 Å². The maximum atomic E-state index is 3.46. The first-order valence-electron chi connectivity index (χ1n) is 6.37. The van der Waals surface area contributed by atoms with Gasteiger partial charge in [0.05, 0.1) is 0 Å². The Morgan fingerprint density at radius 1 is 1.33 bits per heavy atom. The highest BCUT2D eigenvalue weighted by atomic mass is 32.2. The highest BCUT2D eigenvalue weighted by Gasteiger charge is 2.17. The Labute approximate surface area is 99.2 Å². The predicted octanol–water partition coefficient (Wildman–Crippen LogP) is 2.20. The summed E-state index contributed by atoms with van der Waals surface area (Å²) in [6.07, 6.45) is 3.93. The third-order valence-electron chi connectivity index (χ3n) is 2.98. The standard InChI is InChI=1S/C12H26N2S/c1-3-6-13-7-4-5-8-14-9-10-15-11-12(14)2/h12-13H,3-11H2,1-2H3. The summed E-state index contributed by atoms with van der Waals surface area (Å²) in [5.74, 6) is 2.66. The van der Waals surface area contributed by atoms with Crippen molar-refractivity contribution in [3.63, 3.8) is 0 Å². The van der Waals surface area contributed by atoms with Gasteiger partial charge in [-0.2, -0.15) is 11.8 Å². The number of nitrogens with zero attached hydrogens (tertiary/aromatic N) is 1. The smallest absolute Gasteiger partial charge is 0.0158 e. The first-order valence-corrected chi connectivity index (χ1v) is 7.52. The molecule has 0 aromatic rings. The summed E-state index contributed by atoms with van der Waals surface area (Å²) in [4.78, 5) is 2.65. The van der Waals surface area contributed by atoms with Gasteiger partial charge < -0.3 is 5.32 Å². The topological polar surface area (TPSA) is 15.3 Å². The van der Waals surface area contributed by atoms with Crippen LogP contribution in [0, 0.1) is 0 Å². The van der Waals surface area contributed by atoms with Gasteiger partial charge in [-0.3, -0.25) is 4.90 Å². The van der Waals surface area contributed by atoms with E-state index in [1.54, 1.807) is 0 Å². The molecule has 1 atom stereocenters. The van der Waals surface area contributed by atoms with E-state index in [4.69, 9.17) is 0 Å². The van der Waals surface area contributed by atoms with Gasteiger partial charge in [0.2, 0.25) is 0 Å². The van der Waals surface area contributed by atoms with Crippen LogP contribution in [0.15, 0.2) is 0 Å². The SMILES string of the molecule is CCCNCCCCN1CCSCC1C. The van der Waals surface area contributed by atoms with Gasteiger partial charge in [0.1, 0.15) is 0 Å². The molecule has 1 aliphatic heterocycles. The lowest BCUT2D eigenvalue weighted by molar-refractivity contribution is 0.228.